The van der Waals surface area contributed by atoms with Crippen LogP contribution in [-0.2, 0) is 20.9 Å². The van der Waals surface area contributed by atoms with Gasteiger partial charge in [0.05, 0.1) is 18.2 Å². The molecule has 0 aliphatic heterocycles. The average molecular weight is 534 g/mol. The third kappa shape index (κ3) is 9.34. The van der Waals surface area contributed by atoms with Crippen molar-refractivity contribution < 1.29 is 19.5 Å². The van der Waals surface area contributed by atoms with Crippen molar-refractivity contribution in [2.45, 2.75) is 97.1 Å². The molecule has 2 N–H and O–H groups in total. The van der Waals surface area contributed by atoms with Crippen LogP contribution >= 0.6 is 0 Å². The van der Waals surface area contributed by atoms with Crippen LogP contribution in [-0.4, -0.2) is 39.7 Å². The Morgan fingerprint density at radius 2 is 1.69 bits per heavy atom. The SMILES string of the molecule is CCC(=O)N(Cc1ccc(C(C(=O)NC(C)CCCCC(=O)O)C2CCCC2)cc1)/N=C(\C)c1ccccc1. The molecule has 7 nitrogen and oxygen atoms in total. The molecule has 2 aromatic carbocycles. The summed E-state index contributed by atoms with van der Waals surface area (Å²) in [7, 11) is 0. The summed E-state index contributed by atoms with van der Waals surface area (Å²) in [5.74, 6) is -0.681. The van der Waals surface area contributed by atoms with Crippen LogP contribution < -0.4 is 5.32 Å². The van der Waals surface area contributed by atoms with Crippen LogP contribution in [0.5, 0.6) is 0 Å². The second-order valence-corrected chi connectivity index (χ2v) is 10.7. The second kappa shape index (κ2) is 15.2. The number of unbranched alkanes of at least 4 members (excludes halogenated alkanes) is 1. The summed E-state index contributed by atoms with van der Waals surface area (Å²) in [5, 5.41) is 18.2. The molecule has 7 heteroatoms. The number of benzene rings is 2. The van der Waals surface area contributed by atoms with E-state index in [0.29, 0.717) is 25.3 Å². The van der Waals surface area contributed by atoms with Crippen LogP contribution in [0.1, 0.15) is 101 Å². The molecular formula is C32H43N3O4. The molecule has 1 saturated carbocycles. The van der Waals surface area contributed by atoms with Crippen molar-refractivity contribution in [3.05, 3.63) is 71.3 Å². The van der Waals surface area contributed by atoms with Crippen LogP contribution in [0.25, 0.3) is 0 Å². The number of carboxylic acid groups (broad SMARTS) is 1. The number of hydrazone groups is 1. The van der Waals surface area contributed by atoms with Gasteiger partial charge in [0.2, 0.25) is 11.8 Å². The summed E-state index contributed by atoms with van der Waals surface area (Å²) in [4.78, 5) is 36.9. The van der Waals surface area contributed by atoms with Crippen molar-refractivity contribution in [2.75, 3.05) is 0 Å². The number of nitrogens with zero attached hydrogens (tertiary/aromatic N) is 2. The molecule has 0 aromatic heterocycles. The molecule has 0 radical (unpaired) electrons. The van der Waals surface area contributed by atoms with Gasteiger partial charge in [-0.25, -0.2) is 5.01 Å². The van der Waals surface area contributed by atoms with E-state index in [0.717, 1.165) is 60.9 Å². The zero-order chi connectivity index (χ0) is 28.2. The molecule has 0 heterocycles. The first kappa shape index (κ1) is 30.1. The minimum absolute atomic E-state index is 0.00574. The highest BCUT2D eigenvalue weighted by Crippen LogP contribution is 2.38. The Morgan fingerprint density at radius 3 is 2.31 bits per heavy atom. The number of amides is 2. The molecule has 3 rings (SSSR count). The monoisotopic (exact) mass is 533 g/mol. The minimum Gasteiger partial charge on any atom is -0.481 e. The van der Waals surface area contributed by atoms with E-state index in [1.165, 1.54) is 5.01 Å². The lowest BCUT2D eigenvalue weighted by atomic mass is 9.83. The van der Waals surface area contributed by atoms with Gasteiger partial charge in [0.15, 0.2) is 0 Å². The number of carboxylic acids is 1. The first-order chi connectivity index (χ1) is 18.8. The molecule has 1 aliphatic rings. The standard InChI is InChI=1S/C32H43N3O4/c1-4-29(36)35(34-24(3)26-13-6-5-7-14-26)22-25-18-20-28(21-19-25)31(27-15-9-10-16-27)32(39)33-23(2)12-8-11-17-30(37)38/h5-7,13-14,18-21,23,27,31H,4,8-12,15-17,22H2,1-3H3,(H,33,39)(H,37,38)/b34-24+. The second-order valence-electron chi connectivity index (χ2n) is 10.7. The van der Waals surface area contributed by atoms with Gasteiger partial charge in [0.25, 0.3) is 0 Å². The molecule has 2 aromatic rings. The van der Waals surface area contributed by atoms with Gasteiger partial charge in [-0.05, 0) is 62.1 Å². The van der Waals surface area contributed by atoms with E-state index in [2.05, 4.69) is 10.4 Å². The third-order valence-corrected chi connectivity index (χ3v) is 7.54. The number of hydrogen-bond donors (Lipinski definition) is 2. The summed E-state index contributed by atoms with van der Waals surface area (Å²) in [6.45, 7) is 6.10. The zero-order valence-corrected chi connectivity index (χ0v) is 23.6. The van der Waals surface area contributed by atoms with Gasteiger partial charge in [-0.15, -0.1) is 0 Å². The molecule has 210 valence electrons. The number of hydrogen-bond acceptors (Lipinski definition) is 4. The maximum absolute atomic E-state index is 13.5. The molecule has 0 saturated heterocycles. The van der Waals surface area contributed by atoms with Gasteiger partial charge in [-0.1, -0.05) is 80.8 Å². The lowest BCUT2D eigenvalue weighted by molar-refractivity contribution is -0.137. The van der Waals surface area contributed by atoms with Gasteiger partial charge in [0, 0.05) is 18.9 Å². The van der Waals surface area contributed by atoms with E-state index in [1.807, 2.05) is 75.4 Å². The maximum atomic E-state index is 13.5. The van der Waals surface area contributed by atoms with E-state index in [9.17, 15) is 14.4 Å². The molecule has 2 atom stereocenters. The fraction of sp³-hybridized carbons (Fsp3) is 0.500. The fourth-order valence-corrected chi connectivity index (χ4v) is 5.34. The first-order valence-corrected chi connectivity index (χ1v) is 14.3. The molecular weight excluding hydrogens is 490 g/mol. The Hall–Kier alpha value is -3.48. The van der Waals surface area contributed by atoms with E-state index < -0.39 is 5.97 Å². The van der Waals surface area contributed by atoms with Gasteiger partial charge < -0.3 is 10.4 Å². The Bertz CT molecular complexity index is 1110. The van der Waals surface area contributed by atoms with Crippen molar-refractivity contribution in [3.63, 3.8) is 0 Å². The Labute approximate surface area is 232 Å². The highest BCUT2D eigenvalue weighted by atomic mass is 16.4. The number of carbonyl (C=O) groups is 3. The molecule has 2 amide bonds. The van der Waals surface area contributed by atoms with Gasteiger partial charge in [-0.3, -0.25) is 14.4 Å². The minimum atomic E-state index is -0.781. The summed E-state index contributed by atoms with van der Waals surface area (Å²) in [5.41, 5.74) is 3.72. The lowest BCUT2D eigenvalue weighted by Gasteiger charge is -2.26. The summed E-state index contributed by atoms with van der Waals surface area (Å²) in [6.07, 6.45) is 7.05. The first-order valence-electron chi connectivity index (χ1n) is 14.3. The predicted octanol–water partition coefficient (Wildman–Crippen LogP) is 6.27. The smallest absolute Gasteiger partial charge is 0.303 e. The number of aliphatic carboxylic acids is 1. The summed E-state index contributed by atoms with van der Waals surface area (Å²) in [6, 6.07) is 17.9. The topological polar surface area (TPSA) is 99.1 Å². The van der Waals surface area contributed by atoms with Crippen LogP contribution in [0.3, 0.4) is 0 Å². The van der Waals surface area contributed by atoms with Crippen LogP contribution in [0.2, 0.25) is 0 Å². The molecule has 39 heavy (non-hydrogen) atoms. The molecule has 1 aliphatic carbocycles. The quantitative estimate of drug-likeness (QED) is 0.170. The Kier molecular flexibility index (Phi) is 11.7. The van der Waals surface area contributed by atoms with E-state index in [4.69, 9.17) is 5.11 Å². The fourth-order valence-electron chi connectivity index (χ4n) is 5.34. The van der Waals surface area contributed by atoms with Crippen molar-refractivity contribution in [1.82, 2.24) is 10.3 Å². The zero-order valence-electron chi connectivity index (χ0n) is 23.6. The van der Waals surface area contributed by atoms with Gasteiger partial charge >= 0.3 is 5.97 Å². The van der Waals surface area contributed by atoms with Gasteiger partial charge in [-0.2, -0.15) is 5.10 Å². The third-order valence-electron chi connectivity index (χ3n) is 7.54. The maximum Gasteiger partial charge on any atom is 0.303 e. The average Bonchev–Trinajstić information content (AvgIpc) is 3.46. The van der Waals surface area contributed by atoms with Gasteiger partial charge in [0.1, 0.15) is 0 Å². The van der Waals surface area contributed by atoms with Crippen LogP contribution in [0.15, 0.2) is 59.7 Å². The predicted molar refractivity (Wildman–Crippen MR) is 154 cm³/mol. The number of carbonyl (C=O) groups excluding carboxylic acids is 2. The van der Waals surface area contributed by atoms with Crippen molar-refractivity contribution >= 4 is 23.5 Å². The lowest BCUT2D eigenvalue weighted by Crippen LogP contribution is -2.38. The largest absolute Gasteiger partial charge is 0.481 e. The van der Waals surface area contributed by atoms with Crippen molar-refractivity contribution in [2.24, 2.45) is 11.0 Å². The molecule has 0 bridgehead atoms. The number of rotatable bonds is 14. The van der Waals surface area contributed by atoms with Crippen LogP contribution in [0.4, 0.5) is 0 Å². The Balaban J connectivity index is 1.71. The molecule has 1 fully saturated rings. The van der Waals surface area contributed by atoms with Crippen molar-refractivity contribution in [3.8, 4) is 0 Å². The van der Waals surface area contributed by atoms with E-state index in [1.54, 1.807) is 0 Å². The van der Waals surface area contributed by atoms with Crippen molar-refractivity contribution in [1.29, 1.82) is 0 Å². The summed E-state index contributed by atoms with van der Waals surface area (Å²) >= 11 is 0. The highest BCUT2D eigenvalue weighted by molar-refractivity contribution is 5.99. The van der Waals surface area contributed by atoms with E-state index in [-0.39, 0.29) is 30.2 Å². The highest BCUT2D eigenvalue weighted by Gasteiger charge is 2.32. The normalized spacial score (nSPS) is 15.5. The molecule has 2 unspecified atom stereocenters. The Morgan fingerprint density at radius 1 is 1.03 bits per heavy atom. The van der Waals surface area contributed by atoms with Crippen LogP contribution in [0, 0.1) is 5.92 Å². The van der Waals surface area contributed by atoms with E-state index >= 15 is 0 Å². The molecule has 0 spiro atoms. The number of nitrogens with one attached hydrogen (secondary N) is 1. The summed E-state index contributed by atoms with van der Waals surface area (Å²) < 4.78 is 0.